The van der Waals surface area contributed by atoms with Crippen molar-refractivity contribution in [2.24, 2.45) is 0 Å². The predicted octanol–water partition coefficient (Wildman–Crippen LogP) is 3.74. The fourth-order valence-electron chi connectivity index (χ4n) is 1.87. The van der Waals surface area contributed by atoms with Crippen LogP contribution in [0.1, 0.15) is 12.5 Å². The van der Waals surface area contributed by atoms with Crippen LogP contribution in [-0.2, 0) is 6.54 Å². The maximum absolute atomic E-state index is 13.4. The summed E-state index contributed by atoms with van der Waals surface area (Å²) in [6, 6.07) is 11.9. The van der Waals surface area contributed by atoms with Gasteiger partial charge >= 0.3 is 0 Å². The molecule has 0 atom stereocenters. The van der Waals surface area contributed by atoms with Crippen LogP contribution in [-0.4, -0.2) is 13.7 Å². The van der Waals surface area contributed by atoms with Crippen molar-refractivity contribution in [3.63, 3.8) is 0 Å². The van der Waals surface area contributed by atoms with Crippen molar-refractivity contribution in [1.29, 1.82) is 0 Å². The minimum atomic E-state index is -0.273. The Bertz CT molecular complexity index is 572. The molecule has 0 saturated carbocycles. The van der Waals surface area contributed by atoms with E-state index in [0.717, 1.165) is 12.1 Å². The van der Waals surface area contributed by atoms with E-state index in [-0.39, 0.29) is 5.82 Å². The third-order valence-corrected chi connectivity index (χ3v) is 2.88. The molecule has 2 rings (SSSR count). The standard InChI is InChI=1S/C16H18FNO2/c1-3-18-11-12-10-13(17)8-9-14(12)20-16-7-5-4-6-15(16)19-2/h4-10,18H,3,11H2,1-2H3. The Labute approximate surface area is 118 Å². The second-order valence-electron chi connectivity index (χ2n) is 4.29. The summed E-state index contributed by atoms with van der Waals surface area (Å²) in [6.45, 7) is 3.36. The molecule has 0 saturated heterocycles. The van der Waals surface area contributed by atoms with Crippen molar-refractivity contribution in [3.05, 3.63) is 53.8 Å². The van der Waals surface area contributed by atoms with Crippen molar-refractivity contribution in [2.75, 3.05) is 13.7 Å². The molecule has 0 fully saturated rings. The zero-order chi connectivity index (χ0) is 14.4. The molecule has 0 unspecified atom stereocenters. The van der Waals surface area contributed by atoms with E-state index in [4.69, 9.17) is 9.47 Å². The second kappa shape index (κ2) is 6.91. The molecule has 0 radical (unpaired) electrons. The predicted molar refractivity (Wildman–Crippen MR) is 76.8 cm³/mol. The first-order valence-corrected chi connectivity index (χ1v) is 6.54. The van der Waals surface area contributed by atoms with Gasteiger partial charge in [-0.1, -0.05) is 19.1 Å². The molecule has 0 amide bonds. The molecule has 2 aromatic rings. The lowest BCUT2D eigenvalue weighted by Crippen LogP contribution is -2.12. The van der Waals surface area contributed by atoms with Gasteiger partial charge in [0.05, 0.1) is 7.11 Å². The lowest BCUT2D eigenvalue weighted by Gasteiger charge is -2.13. The Balaban J connectivity index is 2.28. The number of para-hydroxylation sites is 2. The van der Waals surface area contributed by atoms with E-state index in [1.165, 1.54) is 12.1 Å². The van der Waals surface area contributed by atoms with Gasteiger partial charge in [0.2, 0.25) is 0 Å². The fraction of sp³-hybridized carbons (Fsp3) is 0.250. The highest BCUT2D eigenvalue weighted by atomic mass is 19.1. The first-order valence-electron chi connectivity index (χ1n) is 6.54. The molecule has 106 valence electrons. The first kappa shape index (κ1) is 14.3. The van der Waals surface area contributed by atoms with Crippen LogP contribution < -0.4 is 14.8 Å². The molecule has 0 spiro atoms. The maximum atomic E-state index is 13.4. The number of methoxy groups -OCH3 is 1. The van der Waals surface area contributed by atoms with Gasteiger partial charge in [-0.2, -0.15) is 0 Å². The van der Waals surface area contributed by atoms with Crippen LogP contribution in [0, 0.1) is 5.82 Å². The van der Waals surface area contributed by atoms with Crippen LogP contribution in [0.3, 0.4) is 0 Å². The number of halogens is 1. The van der Waals surface area contributed by atoms with Crippen molar-refractivity contribution in [2.45, 2.75) is 13.5 Å². The molecule has 0 aromatic heterocycles. The summed E-state index contributed by atoms with van der Waals surface area (Å²) >= 11 is 0. The quantitative estimate of drug-likeness (QED) is 0.871. The molecule has 20 heavy (non-hydrogen) atoms. The van der Waals surface area contributed by atoms with Gasteiger partial charge in [-0.3, -0.25) is 0 Å². The summed E-state index contributed by atoms with van der Waals surface area (Å²) in [5.41, 5.74) is 0.776. The van der Waals surface area contributed by atoms with Crippen LogP contribution >= 0.6 is 0 Å². The van der Waals surface area contributed by atoms with Gasteiger partial charge in [-0.25, -0.2) is 4.39 Å². The third kappa shape index (κ3) is 3.48. The Kier molecular flexibility index (Phi) is 4.96. The number of ether oxygens (including phenoxy) is 2. The van der Waals surface area contributed by atoms with Crippen LogP contribution in [0.15, 0.2) is 42.5 Å². The van der Waals surface area contributed by atoms with Crippen molar-refractivity contribution in [3.8, 4) is 17.2 Å². The van der Waals surface area contributed by atoms with E-state index in [1.807, 2.05) is 31.2 Å². The Hall–Kier alpha value is -2.07. The SMILES string of the molecule is CCNCc1cc(F)ccc1Oc1ccccc1OC. The van der Waals surface area contributed by atoms with Crippen molar-refractivity contribution in [1.82, 2.24) is 5.32 Å². The third-order valence-electron chi connectivity index (χ3n) is 2.88. The smallest absolute Gasteiger partial charge is 0.169 e. The summed E-state index contributed by atoms with van der Waals surface area (Å²) < 4.78 is 24.5. The normalized spacial score (nSPS) is 10.3. The summed E-state index contributed by atoms with van der Waals surface area (Å²) in [6.07, 6.45) is 0. The summed E-state index contributed by atoms with van der Waals surface area (Å²) in [5.74, 6) is 1.60. The molecule has 2 aromatic carbocycles. The number of benzene rings is 2. The number of hydrogen-bond acceptors (Lipinski definition) is 3. The molecule has 1 N–H and O–H groups in total. The number of hydrogen-bond donors (Lipinski definition) is 1. The molecule has 0 aliphatic heterocycles. The van der Waals surface area contributed by atoms with E-state index in [1.54, 1.807) is 13.2 Å². The first-order chi connectivity index (χ1) is 9.74. The molecular formula is C16H18FNO2. The summed E-state index contributed by atoms with van der Waals surface area (Å²) in [5, 5.41) is 3.17. The lowest BCUT2D eigenvalue weighted by molar-refractivity contribution is 0.377. The van der Waals surface area contributed by atoms with E-state index in [0.29, 0.717) is 23.8 Å². The van der Waals surface area contributed by atoms with Gasteiger partial charge in [0.1, 0.15) is 11.6 Å². The van der Waals surface area contributed by atoms with Gasteiger partial charge in [-0.05, 0) is 36.9 Å². The van der Waals surface area contributed by atoms with Crippen LogP contribution in [0.4, 0.5) is 4.39 Å². The lowest BCUT2D eigenvalue weighted by atomic mass is 10.2. The van der Waals surface area contributed by atoms with Gasteiger partial charge in [0.15, 0.2) is 11.5 Å². The molecule has 0 heterocycles. The maximum Gasteiger partial charge on any atom is 0.169 e. The van der Waals surface area contributed by atoms with Gasteiger partial charge < -0.3 is 14.8 Å². The highest BCUT2D eigenvalue weighted by Gasteiger charge is 2.09. The van der Waals surface area contributed by atoms with Crippen molar-refractivity contribution < 1.29 is 13.9 Å². The van der Waals surface area contributed by atoms with Crippen LogP contribution in [0.25, 0.3) is 0 Å². The average molecular weight is 275 g/mol. The Morgan fingerprint density at radius 3 is 2.50 bits per heavy atom. The average Bonchev–Trinajstić information content (AvgIpc) is 2.48. The zero-order valence-corrected chi connectivity index (χ0v) is 11.7. The zero-order valence-electron chi connectivity index (χ0n) is 11.7. The highest BCUT2D eigenvalue weighted by molar-refractivity contribution is 5.44. The number of nitrogens with one attached hydrogen (secondary N) is 1. The largest absolute Gasteiger partial charge is 0.493 e. The molecule has 0 bridgehead atoms. The van der Waals surface area contributed by atoms with Gasteiger partial charge in [0.25, 0.3) is 0 Å². The highest BCUT2D eigenvalue weighted by Crippen LogP contribution is 2.32. The van der Waals surface area contributed by atoms with E-state index in [9.17, 15) is 4.39 Å². The topological polar surface area (TPSA) is 30.5 Å². The molecule has 3 nitrogen and oxygen atoms in total. The van der Waals surface area contributed by atoms with E-state index in [2.05, 4.69) is 5.32 Å². The van der Waals surface area contributed by atoms with Crippen LogP contribution in [0.2, 0.25) is 0 Å². The van der Waals surface area contributed by atoms with Gasteiger partial charge in [0, 0.05) is 12.1 Å². The minimum absolute atomic E-state index is 0.273. The second-order valence-corrected chi connectivity index (χ2v) is 4.29. The van der Waals surface area contributed by atoms with E-state index < -0.39 is 0 Å². The molecule has 0 aliphatic carbocycles. The fourth-order valence-corrected chi connectivity index (χ4v) is 1.87. The van der Waals surface area contributed by atoms with Crippen LogP contribution in [0.5, 0.6) is 17.2 Å². The molecule has 4 heteroatoms. The summed E-state index contributed by atoms with van der Waals surface area (Å²) in [4.78, 5) is 0. The summed E-state index contributed by atoms with van der Waals surface area (Å²) in [7, 11) is 1.59. The van der Waals surface area contributed by atoms with E-state index >= 15 is 0 Å². The minimum Gasteiger partial charge on any atom is -0.493 e. The van der Waals surface area contributed by atoms with Gasteiger partial charge in [-0.15, -0.1) is 0 Å². The van der Waals surface area contributed by atoms with Crippen molar-refractivity contribution >= 4 is 0 Å². The monoisotopic (exact) mass is 275 g/mol. The Morgan fingerprint density at radius 1 is 1.05 bits per heavy atom. The Morgan fingerprint density at radius 2 is 1.80 bits per heavy atom. The molecular weight excluding hydrogens is 257 g/mol. The number of rotatable bonds is 6. The molecule has 0 aliphatic rings.